The second-order valence-corrected chi connectivity index (χ2v) is 3.85. The largest absolute Gasteiger partial charge is 0.357 e. The molecule has 1 aromatic carbocycles. The fourth-order valence-corrected chi connectivity index (χ4v) is 1.45. The number of halogens is 3. The van der Waals surface area contributed by atoms with Crippen molar-refractivity contribution in [2.45, 2.75) is 6.92 Å². The third-order valence-corrected chi connectivity index (χ3v) is 2.44. The van der Waals surface area contributed by atoms with Crippen LogP contribution >= 0.6 is 0 Å². The van der Waals surface area contributed by atoms with Crippen LogP contribution in [0.15, 0.2) is 18.3 Å². The molecule has 0 aliphatic rings. The van der Waals surface area contributed by atoms with Gasteiger partial charge in [0.1, 0.15) is 5.82 Å². The number of anilines is 3. The summed E-state index contributed by atoms with van der Waals surface area (Å²) in [5.41, 5.74) is 0.754. The second kappa shape index (κ2) is 5.13. The molecule has 1 heterocycles. The van der Waals surface area contributed by atoms with Gasteiger partial charge in [-0.25, -0.2) is 18.2 Å². The predicted molar refractivity (Wildman–Crippen MR) is 65.9 cm³/mol. The normalized spacial score (nSPS) is 10.4. The zero-order valence-electron chi connectivity index (χ0n) is 10.3. The van der Waals surface area contributed by atoms with E-state index in [1.54, 1.807) is 20.2 Å². The molecule has 0 saturated carbocycles. The van der Waals surface area contributed by atoms with Gasteiger partial charge >= 0.3 is 0 Å². The molecule has 7 heteroatoms. The lowest BCUT2D eigenvalue weighted by molar-refractivity contribution is 0.448. The van der Waals surface area contributed by atoms with Crippen molar-refractivity contribution in [3.8, 4) is 0 Å². The van der Waals surface area contributed by atoms with E-state index < -0.39 is 17.5 Å². The smallest absolute Gasteiger partial charge is 0.224 e. The van der Waals surface area contributed by atoms with E-state index in [9.17, 15) is 13.2 Å². The molecular weight excluding hydrogens is 257 g/mol. The van der Waals surface area contributed by atoms with E-state index in [1.807, 2.05) is 0 Å². The van der Waals surface area contributed by atoms with Crippen molar-refractivity contribution < 1.29 is 13.2 Å². The number of nitrogens with one attached hydrogen (secondary N) is 2. The number of nitrogens with zero attached hydrogens (tertiary/aromatic N) is 2. The van der Waals surface area contributed by atoms with Gasteiger partial charge in [0.05, 0.1) is 0 Å². The fraction of sp³-hybridized carbons (Fsp3) is 0.167. The van der Waals surface area contributed by atoms with Crippen LogP contribution in [0.3, 0.4) is 0 Å². The Morgan fingerprint density at radius 1 is 1.11 bits per heavy atom. The van der Waals surface area contributed by atoms with Gasteiger partial charge in [-0.15, -0.1) is 0 Å². The molecule has 4 nitrogen and oxygen atoms in total. The maximum Gasteiger partial charge on any atom is 0.224 e. The van der Waals surface area contributed by atoms with E-state index >= 15 is 0 Å². The van der Waals surface area contributed by atoms with E-state index in [0.29, 0.717) is 17.3 Å². The van der Waals surface area contributed by atoms with Crippen molar-refractivity contribution in [1.82, 2.24) is 9.97 Å². The predicted octanol–water partition coefficient (Wildman–Crippen LogP) is 2.99. The molecule has 0 aliphatic heterocycles. The van der Waals surface area contributed by atoms with Crippen molar-refractivity contribution in [3.63, 3.8) is 0 Å². The molecule has 1 aromatic heterocycles. The SMILES string of the molecule is CNc1ncc(C)c(Nc2cc(F)c(F)c(F)c2)n1. The summed E-state index contributed by atoms with van der Waals surface area (Å²) in [4.78, 5) is 8.07. The molecule has 0 spiro atoms. The van der Waals surface area contributed by atoms with E-state index in [0.717, 1.165) is 12.1 Å². The first-order valence-electron chi connectivity index (χ1n) is 5.44. The Morgan fingerprint density at radius 3 is 2.32 bits per heavy atom. The Kier molecular flexibility index (Phi) is 3.55. The number of hydrogen-bond acceptors (Lipinski definition) is 4. The molecule has 0 amide bonds. The maximum atomic E-state index is 13.1. The molecule has 100 valence electrons. The highest BCUT2D eigenvalue weighted by molar-refractivity contribution is 5.60. The van der Waals surface area contributed by atoms with Gasteiger partial charge in [0.2, 0.25) is 5.95 Å². The highest BCUT2D eigenvalue weighted by atomic mass is 19.2. The van der Waals surface area contributed by atoms with Gasteiger partial charge < -0.3 is 10.6 Å². The van der Waals surface area contributed by atoms with Crippen LogP contribution < -0.4 is 10.6 Å². The highest BCUT2D eigenvalue weighted by Gasteiger charge is 2.11. The number of benzene rings is 1. The van der Waals surface area contributed by atoms with Crippen molar-refractivity contribution in [2.75, 3.05) is 17.7 Å². The molecule has 0 bridgehead atoms. The van der Waals surface area contributed by atoms with Crippen LogP contribution in [-0.4, -0.2) is 17.0 Å². The molecule has 0 aliphatic carbocycles. The van der Waals surface area contributed by atoms with E-state index in [1.165, 1.54) is 0 Å². The summed E-state index contributed by atoms with van der Waals surface area (Å²) < 4.78 is 39.0. The molecule has 0 unspecified atom stereocenters. The van der Waals surface area contributed by atoms with Gasteiger partial charge in [0, 0.05) is 36.6 Å². The zero-order chi connectivity index (χ0) is 14.0. The first-order valence-corrected chi connectivity index (χ1v) is 5.44. The molecule has 19 heavy (non-hydrogen) atoms. The van der Waals surface area contributed by atoms with E-state index in [-0.39, 0.29) is 5.69 Å². The fourth-order valence-electron chi connectivity index (χ4n) is 1.45. The summed E-state index contributed by atoms with van der Waals surface area (Å²) in [5, 5.41) is 5.46. The van der Waals surface area contributed by atoms with Crippen molar-refractivity contribution in [1.29, 1.82) is 0 Å². The van der Waals surface area contributed by atoms with Crippen molar-refractivity contribution >= 4 is 17.5 Å². The highest BCUT2D eigenvalue weighted by Crippen LogP contribution is 2.22. The number of rotatable bonds is 3. The van der Waals surface area contributed by atoms with Gasteiger partial charge in [-0.05, 0) is 6.92 Å². The summed E-state index contributed by atoms with van der Waals surface area (Å²) in [6, 6.07) is 1.72. The minimum absolute atomic E-state index is 0.0697. The Bertz CT molecular complexity index is 593. The van der Waals surface area contributed by atoms with E-state index in [2.05, 4.69) is 20.6 Å². The Labute approximate surface area is 107 Å². The van der Waals surface area contributed by atoms with Crippen LogP contribution in [0, 0.1) is 24.4 Å². The zero-order valence-corrected chi connectivity index (χ0v) is 10.3. The minimum Gasteiger partial charge on any atom is -0.357 e. The lowest BCUT2D eigenvalue weighted by Gasteiger charge is -2.10. The van der Waals surface area contributed by atoms with Crippen LogP contribution in [-0.2, 0) is 0 Å². The van der Waals surface area contributed by atoms with Crippen LogP contribution in [0.1, 0.15) is 5.56 Å². The van der Waals surface area contributed by atoms with Crippen LogP contribution in [0.25, 0.3) is 0 Å². The summed E-state index contributed by atoms with van der Waals surface area (Å²) in [6.45, 7) is 1.73. The minimum atomic E-state index is -1.50. The third kappa shape index (κ3) is 2.75. The second-order valence-electron chi connectivity index (χ2n) is 3.85. The maximum absolute atomic E-state index is 13.1. The first kappa shape index (κ1) is 13.1. The Balaban J connectivity index is 2.36. The molecular formula is C12H11F3N4. The monoisotopic (exact) mass is 268 g/mol. The summed E-state index contributed by atoms with van der Waals surface area (Å²) in [6.07, 6.45) is 1.55. The average molecular weight is 268 g/mol. The van der Waals surface area contributed by atoms with Gasteiger partial charge in [0.25, 0.3) is 0 Å². The average Bonchev–Trinajstić information content (AvgIpc) is 2.38. The lowest BCUT2D eigenvalue weighted by atomic mass is 10.2. The number of aryl methyl sites for hydroxylation is 1. The molecule has 0 saturated heterocycles. The summed E-state index contributed by atoms with van der Waals surface area (Å²) in [7, 11) is 1.64. The summed E-state index contributed by atoms with van der Waals surface area (Å²) >= 11 is 0. The van der Waals surface area contributed by atoms with Crippen LogP contribution in [0.5, 0.6) is 0 Å². The molecule has 0 fully saturated rings. The standard InChI is InChI=1S/C12H11F3N4/c1-6-5-17-12(16-2)19-11(6)18-7-3-8(13)10(15)9(14)4-7/h3-5H,1-2H3,(H2,16,17,18,19). The molecule has 2 rings (SSSR count). The summed E-state index contributed by atoms with van der Waals surface area (Å²) in [5.74, 6) is -3.28. The molecule has 2 N–H and O–H groups in total. The quantitative estimate of drug-likeness (QED) is 0.840. The van der Waals surface area contributed by atoms with Crippen molar-refractivity contribution in [3.05, 3.63) is 41.3 Å². The third-order valence-electron chi connectivity index (χ3n) is 2.44. The number of hydrogen-bond donors (Lipinski definition) is 2. The van der Waals surface area contributed by atoms with Gasteiger partial charge in [0.15, 0.2) is 17.5 Å². The van der Waals surface area contributed by atoms with Crippen molar-refractivity contribution in [2.24, 2.45) is 0 Å². The van der Waals surface area contributed by atoms with Gasteiger partial charge in [-0.3, -0.25) is 0 Å². The van der Waals surface area contributed by atoms with E-state index in [4.69, 9.17) is 0 Å². The molecule has 2 aromatic rings. The Morgan fingerprint density at radius 2 is 1.74 bits per heavy atom. The van der Waals surface area contributed by atoms with Crippen LogP contribution in [0.2, 0.25) is 0 Å². The lowest BCUT2D eigenvalue weighted by Crippen LogP contribution is -2.03. The molecule has 0 atom stereocenters. The van der Waals surface area contributed by atoms with Crippen LogP contribution in [0.4, 0.5) is 30.6 Å². The molecule has 0 radical (unpaired) electrons. The number of aromatic nitrogens is 2. The Hall–Kier alpha value is -2.31. The first-order chi connectivity index (χ1) is 9.01. The van der Waals surface area contributed by atoms with Gasteiger partial charge in [-0.1, -0.05) is 0 Å². The topological polar surface area (TPSA) is 49.8 Å². The van der Waals surface area contributed by atoms with Gasteiger partial charge in [-0.2, -0.15) is 4.98 Å².